The third kappa shape index (κ3) is 1.85. The fourth-order valence-electron chi connectivity index (χ4n) is 2.99. The van der Waals surface area contributed by atoms with Gasteiger partial charge in [-0.1, -0.05) is 0 Å². The van der Waals surface area contributed by atoms with E-state index in [1.807, 2.05) is 0 Å². The Bertz CT molecular complexity index is 435. The van der Waals surface area contributed by atoms with Gasteiger partial charge in [0.1, 0.15) is 11.6 Å². The second-order valence-electron chi connectivity index (χ2n) is 5.02. The highest BCUT2D eigenvalue weighted by Gasteiger charge is 2.45. The SMILES string of the molecule is OC1(c2cc(F)ccc2F)CC2CCC(C1)O2. The average Bonchev–Trinajstić information content (AvgIpc) is 2.62. The van der Waals surface area contributed by atoms with Crippen molar-refractivity contribution < 1.29 is 18.6 Å². The molecule has 0 aromatic heterocycles. The maximum Gasteiger partial charge on any atom is 0.129 e. The van der Waals surface area contributed by atoms with Crippen LogP contribution in [0.3, 0.4) is 0 Å². The first kappa shape index (κ1) is 11.1. The van der Waals surface area contributed by atoms with Crippen molar-refractivity contribution in [2.45, 2.75) is 43.5 Å². The summed E-state index contributed by atoms with van der Waals surface area (Å²) in [5.41, 5.74) is -1.21. The highest BCUT2D eigenvalue weighted by molar-refractivity contribution is 5.26. The Morgan fingerprint density at radius 2 is 1.82 bits per heavy atom. The minimum atomic E-state index is -1.28. The fourth-order valence-corrected chi connectivity index (χ4v) is 2.99. The predicted octanol–water partition coefficient (Wildman–Crippen LogP) is 2.49. The second-order valence-corrected chi connectivity index (χ2v) is 5.02. The standard InChI is InChI=1S/C13H14F2O2/c14-8-1-4-12(15)11(5-8)13(16)6-9-2-3-10(7-13)17-9/h1,4-5,9-10,16H,2-3,6-7H2. The largest absolute Gasteiger partial charge is 0.385 e. The summed E-state index contributed by atoms with van der Waals surface area (Å²) in [5.74, 6) is -1.07. The van der Waals surface area contributed by atoms with Crippen molar-refractivity contribution in [3.05, 3.63) is 35.4 Å². The van der Waals surface area contributed by atoms with E-state index in [0.29, 0.717) is 12.8 Å². The van der Waals surface area contributed by atoms with E-state index >= 15 is 0 Å². The van der Waals surface area contributed by atoms with Crippen molar-refractivity contribution in [1.82, 2.24) is 0 Å². The van der Waals surface area contributed by atoms with Gasteiger partial charge in [0.05, 0.1) is 17.8 Å². The van der Waals surface area contributed by atoms with Gasteiger partial charge in [0.2, 0.25) is 0 Å². The van der Waals surface area contributed by atoms with Crippen molar-refractivity contribution in [2.75, 3.05) is 0 Å². The van der Waals surface area contributed by atoms with Crippen LogP contribution in [0.15, 0.2) is 18.2 Å². The molecule has 2 bridgehead atoms. The van der Waals surface area contributed by atoms with Crippen molar-refractivity contribution in [3.8, 4) is 0 Å². The lowest BCUT2D eigenvalue weighted by Gasteiger charge is -2.37. The number of benzene rings is 1. The third-order valence-electron chi connectivity index (χ3n) is 3.76. The molecule has 3 rings (SSSR count). The molecule has 2 heterocycles. The summed E-state index contributed by atoms with van der Waals surface area (Å²) in [7, 11) is 0. The van der Waals surface area contributed by atoms with Crippen molar-refractivity contribution in [3.63, 3.8) is 0 Å². The number of aliphatic hydroxyl groups is 1. The normalized spacial score (nSPS) is 36.2. The molecule has 2 aliphatic heterocycles. The smallest absolute Gasteiger partial charge is 0.129 e. The Balaban J connectivity index is 1.99. The van der Waals surface area contributed by atoms with Gasteiger partial charge in [0.15, 0.2) is 0 Å². The van der Waals surface area contributed by atoms with E-state index in [9.17, 15) is 13.9 Å². The number of fused-ring (bicyclic) bond motifs is 2. The zero-order valence-corrected chi connectivity index (χ0v) is 9.33. The van der Waals surface area contributed by atoms with Gasteiger partial charge in [-0.2, -0.15) is 0 Å². The fraction of sp³-hybridized carbons (Fsp3) is 0.538. The summed E-state index contributed by atoms with van der Waals surface area (Å²) in [6.07, 6.45) is 2.43. The second kappa shape index (κ2) is 3.75. The summed E-state index contributed by atoms with van der Waals surface area (Å²) < 4.78 is 32.5. The summed E-state index contributed by atoms with van der Waals surface area (Å²) in [6.45, 7) is 0. The molecule has 2 aliphatic rings. The molecule has 0 spiro atoms. The molecule has 4 heteroatoms. The van der Waals surface area contributed by atoms with E-state index in [0.717, 1.165) is 31.0 Å². The molecule has 0 radical (unpaired) electrons. The van der Waals surface area contributed by atoms with Crippen LogP contribution in [0.2, 0.25) is 0 Å². The van der Waals surface area contributed by atoms with Crippen LogP contribution in [-0.4, -0.2) is 17.3 Å². The summed E-state index contributed by atoms with van der Waals surface area (Å²) in [5, 5.41) is 10.5. The maximum atomic E-state index is 13.7. The van der Waals surface area contributed by atoms with Gasteiger partial charge in [-0.25, -0.2) is 8.78 Å². The Labute approximate surface area is 98.2 Å². The number of rotatable bonds is 1. The van der Waals surface area contributed by atoms with E-state index < -0.39 is 17.2 Å². The highest BCUT2D eigenvalue weighted by atomic mass is 19.1. The third-order valence-corrected chi connectivity index (χ3v) is 3.76. The van der Waals surface area contributed by atoms with E-state index in [-0.39, 0.29) is 17.8 Å². The first-order chi connectivity index (χ1) is 8.07. The number of halogens is 2. The van der Waals surface area contributed by atoms with Crippen LogP contribution < -0.4 is 0 Å². The highest BCUT2D eigenvalue weighted by Crippen LogP contribution is 2.44. The van der Waals surface area contributed by atoms with Crippen LogP contribution >= 0.6 is 0 Å². The van der Waals surface area contributed by atoms with Crippen LogP contribution in [0.4, 0.5) is 8.78 Å². The topological polar surface area (TPSA) is 29.5 Å². The van der Waals surface area contributed by atoms with Gasteiger partial charge in [-0.15, -0.1) is 0 Å². The lowest BCUT2D eigenvalue weighted by Crippen LogP contribution is -2.39. The Hall–Kier alpha value is -1.00. The maximum absolute atomic E-state index is 13.7. The quantitative estimate of drug-likeness (QED) is 0.817. The number of hydrogen-bond acceptors (Lipinski definition) is 2. The summed E-state index contributed by atoms with van der Waals surface area (Å²) in [6, 6.07) is 3.23. The number of hydrogen-bond donors (Lipinski definition) is 1. The van der Waals surface area contributed by atoms with Crippen molar-refractivity contribution in [1.29, 1.82) is 0 Å². The van der Waals surface area contributed by atoms with Gasteiger partial charge < -0.3 is 9.84 Å². The summed E-state index contributed by atoms with van der Waals surface area (Å²) >= 11 is 0. The van der Waals surface area contributed by atoms with Gasteiger partial charge in [-0.3, -0.25) is 0 Å². The predicted molar refractivity (Wildman–Crippen MR) is 57.4 cm³/mol. The van der Waals surface area contributed by atoms with Crippen molar-refractivity contribution >= 4 is 0 Å². The minimum Gasteiger partial charge on any atom is -0.385 e. The molecule has 92 valence electrons. The monoisotopic (exact) mass is 240 g/mol. The van der Waals surface area contributed by atoms with Gasteiger partial charge >= 0.3 is 0 Å². The first-order valence-electron chi connectivity index (χ1n) is 5.90. The van der Waals surface area contributed by atoms with Crippen LogP contribution in [0.1, 0.15) is 31.2 Å². The van der Waals surface area contributed by atoms with Gasteiger partial charge in [0.25, 0.3) is 0 Å². The molecular formula is C13H14F2O2. The molecule has 0 aliphatic carbocycles. The zero-order chi connectivity index (χ0) is 12.0. The van der Waals surface area contributed by atoms with Crippen molar-refractivity contribution in [2.24, 2.45) is 0 Å². The van der Waals surface area contributed by atoms with Crippen LogP contribution in [0.5, 0.6) is 0 Å². The van der Waals surface area contributed by atoms with Gasteiger partial charge in [0, 0.05) is 18.4 Å². The van der Waals surface area contributed by atoms with Crippen LogP contribution in [0.25, 0.3) is 0 Å². The molecule has 1 N–H and O–H groups in total. The van der Waals surface area contributed by atoms with Crippen LogP contribution in [-0.2, 0) is 10.3 Å². The van der Waals surface area contributed by atoms with E-state index in [4.69, 9.17) is 4.74 Å². The molecule has 17 heavy (non-hydrogen) atoms. The lowest BCUT2D eigenvalue weighted by atomic mass is 9.83. The molecule has 2 atom stereocenters. The zero-order valence-electron chi connectivity index (χ0n) is 9.33. The molecule has 1 aromatic carbocycles. The molecule has 2 fully saturated rings. The average molecular weight is 240 g/mol. The molecule has 2 saturated heterocycles. The van der Waals surface area contributed by atoms with Crippen LogP contribution in [0, 0.1) is 11.6 Å². The molecule has 2 nitrogen and oxygen atoms in total. The molecule has 1 aromatic rings. The first-order valence-corrected chi connectivity index (χ1v) is 5.90. The summed E-state index contributed by atoms with van der Waals surface area (Å²) in [4.78, 5) is 0. The Morgan fingerprint density at radius 1 is 1.18 bits per heavy atom. The molecular weight excluding hydrogens is 226 g/mol. The molecule has 0 saturated carbocycles. The van der Waals surface area contributed by atoms with Gasteiger partial charge in [-0.05, 0) is 31.0 Å². The Morgan fingerprint density at radius 3 is 2.47 bits per heavy atom. The van der Waals surface area contributed by atoms with E-state index in [1.165, 1.54) is 0 Å². The van der Waals surface area contributed by atoms with E-state index in [1.54, 1.807) is 0 Å². The molecule has 0 amide bonds. The minimum absolute atomic E-state index is 0.0265. The molecule has 2 unspecified atom stereocenters. The Kier molecular flexibility index (Phi) is 2.45. The lowest BCUT2D eigenvalue weighted by molar-refractivity contribution is -0.117. The number of ether oxygens (including phenoxy) is 1. The van der Waals surface area contributed by atoms with E-state index in [2.05, 4.69) is 0 Å².